The Balaban J connectivity index is 1.37. The summed E-state index contributed by atoms with van der Waals surface area (Å²) in [5.74, 6) is 0.500. The number of likely N-dealkylation sites (tertiary alicyclic amines) is 1. The highest BCUT2D eigenvalue weighted by atomic mass is 16.2. The van der Waals surface area contributed by atoms with Crippen molar-refractivity contribution in [2.75, 3.05) is 13.1 Å². The molecule has 5 heteroatoms. The highest BCUT2D eigenvalue weighted by molar-refractivity contribution is 5.98. The van der Waals surface area contributed by atoms with Crippen molar-refractivity contribution in [1.82, 2.24) is 15.2 Å². The number of H-pyrrole nitrogens is 1. The third kappa shape index (κ3) is 2.96. The van der Waals surface area contributed by atoms with Crippen molar-refractivity contribution in [3.05, 3.63) is 36.0 Å². The van der Waals surface area contributed by atoms with E-state index < -0.39 is 0 Å². The van der Waals surface area contributed by atoms with Gasteiger partial charge in [-0.25, -0.2) is 0 Å². The molecule has 1 aromatic heterocycles. The molecule has 2 aliphatic rings. The van der Waals surface area contributed by atoms with Gasteiger partial charge in [0.2, 0.25) is 5.91 Å². The molecule has 2 heterocycles. The molecule has 5 nitrogen and oxygen atoms in total. The number of nitrogens with zero attached hydrogens (tertiary/aromatic N) is 1. The first-order valence-corrected chi connectivity index (χ1v) is 8.38. The molecule has 1 saturated carbocycles. The van der Waals surface area contributed by atoms with Gasteiger partial charge in [0.15, 0.2) is 0 Å². The number of aromatic amines is 1. The van der Waals surface area contributed by atoms with Crippen LogP contribution < -0.4 is 5.32 Å². The summed E-state index contributed by atoms with van der Waals surface area (Å²) in [5.41, 5.74) is 1.63. The number of piperidine rings is 1. The predicted octanol–water partition coefficient (Wildman–Crippen LogP) is 2.30. The average molecular weight is 311 g/mol. The lowest BCUT2D eigenvalue weighted by Crippen LogP contribution is -2.47. The van der Waals surface area contributed by atoms with Crippen molar-refractivity contribution in [1.29, 1.82) is 0 Å². The largest absolute Gasteiger partial charge is 0.353 e. The second kappa shape index (κ2) is 5.72. The van der Waals surface area contributed by atoms with Crippen LogP contribution in [0, 0.1) is 5.92 Å². The smallest absolute Gasteiger partial charge is 0.270 e. The molecule has 0 bridgehead atoms. The summed E-state index contributed by atoms with van der Waals surface area (Å²) in [4.78, 5) is 29.5. The Kier molecular flexibility index (Phi) is 3.56. The van der Waals surface area contributed by atoms with Gasteiger partial charge in [-0.15, -0.1) is 0 Å². The molecule has 2 N–H and O–H groups in total. The molecule has 1 saturated heterocycles. The van der Waals surface area contributed by atoms with Crippen LogP contribution in [0.5, 0.6) is 0 Å². The number of aromatic nitrogens is 1. The van der Waals surface area contributed by atoms with Crippen LogP contribution in [-0.4, -0.2) is 40.8 Å². The maximum absolute atomic E-state index is 12.6. The van der Waals surface area contributed by atoms with E-state index in [1.165, 1.54) is 0 Å². The number of amides is 2. The molecule has 2 aromatic rings. The third-order valence-corrected chi connectivity index (χ3v) is 4.84. The Bertz CT molecular complexity index is 707. The van der Waals surface area contributed by atoms with Gasteiger partial charge in [0.1, 0.15) is 5.69 Å². The molecular weight excluding hydrogens is 290 g/mol. The van der Waals surface area contributed by atoms with Crippen LogP contribution in [-0.2, 0) is 4.79 Å². The summed E-state index contributed by atoms with van der Waals surface area (Å²) in [5, 5.41) is 4.17. The number of carbonyl (C=O) groups excluding carboxylic acids is 2. The van der Waals surface area contributed by atoms with Crippen LogP contribution in [0.1, 0.15) is 36.2 Å². The summed E-state index contributed by atoms with van der Waals surface area (Å²) < 4.78 is 0. The van der Waals surface area contributed by atoms with Gasteiger partial charge in [0.25, 0.3) is 5.91 Å². The monoisotopic (exact) mass is 311 g/mol. The average Bonchev–Trinajstić information content (AvgIpc) is 3.34. The number of rotatable bonds is 3. The standard InChI is InChI=1S/C18H21N3O2/c22-17(12-5-6-12)19-14-7-9-21(10-8-14)18(23)16-11-13-3-1-2-4-15(13)20-16/h1-4,11-12,14,20H,5-10H2,(H,19,22). The fourth-order valence-electron chi connectivity index (χ4n) is 3.25. The van der Waals surface area contributed by atoms with Crippen molar-refractivity contribution >= 4 is 22.7 Å². The molecule has 0 spiro atoms. The molecular formula is C18H21N3O2. The lowest BCUT2D eigenvalue weighted by Gasteiger charge is -2.32. The van der Waals surface area contributed by atoms with Crippen LogP contribution >= 0.6 is 0 Å². The molecule has 2 fully saturated rings. The zero-order chi connectivity index (χ0) is 15.8. The minimum atomic E-state index is 0.0492. The Labute approximate surface area is 135 Å². The molecule has 1 aliphatic heterocycles. The van der Waals surface area contributed by atoms with Gasteiger partial charge < -0.3 is 15.2 Å². The third-order valence-electron chi connectivity index (χ3n) is 4.84. The lowest BCUT2D eigenvalue weighted by atomic mass is 10.0. The van der Waals surface area contributed by atoms with Gasteiger partial charge in [0, 0.05) is 36.0 Å². The number of fused-ring (bicyclic) bond motifs is 1. The number of para-hydroxylation sites is 1. The molecule has 1 aromatic carbocycles. The van der Waals surface area contributed by atoms with Crippen LogP contribution in [0.4, 0.5) is 0 Å². The second-order valence-electron chi connectivity index (χ2n) is 6.62. The topological polar surface area (TPSA) is 65.2 Å². The summed E-state index contributed by atoms with van der Waals surface area (Å²) in [6.07, 6.45) is 3.74. The number of nitrogens with one attached hydrogen (secondary N) is 2. The van der Waals surface area contributed by atoms with E-state index in [1.54, 1.807) is 0 Å². The van der Waals surface area contributed by atoms with E-state index in [1.807, 2.05) is 35.2 Å². The highest BCUT2D eigenvalue weighted by Gasteiger charge is 2.32. The van der Waals surface area contributed by atoms with E-state index in [0.29, 0.717) is 18.8 Å². The Morgan fingerprint density at radius 2 is 1.83 bits per heavy atom. The van der Waals surface area contributed by atoms with Crippen LogP contribution in [0.25, 0.3) is 10.9 Å². The molecule has 23 heavy (non-hydrogen) atoms. The number of hydrogen-bond acceptors (Lipinski definition) is 2. The van der Waals surface area contributed by atoms with E-state index in [0.717, 1.165) is 36.6 Å². The van der Waals surface area contributed by atoms with Crippen molar-refractivity contribution in [3.63, 3.8) is 0 Å². The normalized spacial score (nSPS) is 19.0. The minimum absolute atomic E-state index is 0.0492. The van der Waals surface area contributed by atoms with Crippen LogP contribution in [0.15, 0.2) is 30.3 Å². The number of carbonyl (C=O) groups is 2. The van der Waals surface area contributed by atoms with Gasteiger partial charge in [-0.3, -0.25) is 9.59 Å². The fraction of sp³-hybridized carbons (Fsp3) is 0.444. The van der Waals surface area contributed by atoms with Crippen molar-refractivity contribution in [2.45, 2.75) is 31.7 Å². The zero-order valence-corrected chi connectivity index (χ0v) is 13.0. The summed E-state index contributed by atoms with van der Waals surface area (Å²) in [6, 6.07) is 10.0. The highest BCUT2D eigenvalue weighted by Crippen LogP contribution is 2.29. The fourth-order valence-corrected chi connectivity index (χ4v) is 3.25. The van der Waals surface area contributed by atoms with Gasteiger partial charge in [-0.05, 0) is 37.8 Å². The second-order valence-corrected chi connectivity index (χ2v) is 6.62. The Morgan fingerprint density at radius 1 is 1.09 bits per heavy atom. The zero-order valence-electron chi connectivity index (χ0n) is 13.0. The van der Waals surface area contributed by atoms with Gasteiger partial charge in [0.05, 0.1) is 0 Å². The van der Waals surface area contributed by atoms with Gasteiger partial charge >= 0.3 is 0 Å². The number of benzene rings is 1. The summed E-state index contributed by atoms with van der Waals surface area (Å²) in [7, 11) is 0. The van der Waals surface area contributed by atoms with Crippen molar-refractivity contribution < 1.29 is 9.59 Å². The quantitative estimate of drug-likeness (QED) is 0.913. The molecule has 0 radical (unpaired) electrons. The lowest BCUT2D eigenvalue weighted by molar-refractivity contribution is -0.123. The first kappa shape index (κ1) is 14.3. The molecule has 0 unspecified atom stereocenters. The Morgan fingerprint density at radius 3 is 2.52 bits per heavy atom. The maximum atomic E-state index is 12.6. The van der Waals surface area contributed by atoms with E-state index in [4.69, 9.17) is 0 Å². The number of hydrogen-bond donors (Lipinski definition) is 2. The summed E-state index contributed by atoms with van der Waals surface area (Å²) >= 11 is 0. The molecule has 0 atom stereocenters. The van der Waals surface area contributed by atoms with Crippen molar-refractivity contribution in [2.24, 2.45) is 5.92 Å². The van der Waals surface area contributed by atoms with E-state index >= 15 is 0 Å². The molecule has 2 amide bonds. The van der Waals surface area contributed by atoms with E-state index in [2.05, 4.69) is 10.3 Å². The van der Waals surface area contributed by atoms with E-state index in [-0.39, 0.29) is 23.8 Å². The van der Waals surface area contributed by atoms with Crippen LogP contribution in [0.3, 0.4) is 0 Å². The SMILES string of the molecule is O=C(NC1CCN(C(=O)c2cc3ccccc3[nH]2)CC1)C1CC1. The van der Waals surface area contributed by atoms with Gasteiger partial charge in [-0.2, -0.15) is 0 Å². The first-order valence-electron chi connectivity index (χ1n) is 8.38. The molecule has 120 valence electrons. The minimum Gasteiger partial charge on any atom is -0.353 e. The molecule has 4 rings (SSSR count). The molecule has 1 aliphatic carbocycles. The predicted molar refractivity (Wildman–Crippen MR) is 88.1 cm³/mol. The Hall–Kier alpha value is -2.30. The maximum Gasteiger partial charge on any atom is 0.270 e. The van der Waals surface area contributed by atoms with Crippen molar-refractivity contribution in [3.8, 4) is 0 Å². The van der Waals surface area contributed by atoms with Gasteiger partial charge in [-0.1, -0.05) is 18.2 Å². The summed E-state index contributed by atoms with van der Waals surface area (Å²) in [6.45, 7) is 1.40. The van der Waals surface area contributed by atoms with Crippen LogP contribution in [0.2, 0.25) is 0 Å². The first-order chi connectivity index (χ1) is 11.2. The van der Waals surface area contributed by atoms with E-state index in [9.17, 15) is 9.59 Å².